The minimum atomic E-state index is 0.839. The summed E-state index contributed by atoms with van der Waals surface area (Å²) in [7, 11) is 1.69. The largest absolute Gasteiger partial charge is 0.496 e. The van der Waals surface area contributed by atoms with Crippen LogP contribution in [0.5, 0.6) is 5.75 Å². The van der Waals surface area contributed by atoms with Crippen molar-refractivity contribution in [3.63, 3.8) is 0 Å². The molecule has 0 aliphatic rings. The van der Waals surface area contributed by atoms with Gasteiger partial charge < -0.3 is 10.1 Å². The van der Waals surface area contributed by atoms with Crippen LogP contribution in [-0.2, 0) is 6.42 Å². The van der Waals surface area contributed by atoms with E-state index in [4.69, 9.17) is 4.74 Å². The second-order valence-electron chi connectivity index (χ2n) is 4.53. The Kier molecular flexibility index (Phi) is 4.93. The Hall–Kier alpha value is -2.10. The Bertz CT molecular complexity index is 569. The van der Waals surface area contributed by atoms with Gasteiger partial charge >= 0.3 is 0 Å². The van der Waals surface area contributed by atoms with Gasteiger partial charge in [-0.1, -0.05) is 25.5 Å². The number of para-hydroxylation sites is 1. The zero-order chi connectivity index (χ0) is 14.4. The van der Waals surface area contributed by atoms with E-state index < -0.39 is 0 Å². The molecule has 0 atom stereocenters. The fraction of sp³-hybridized carbons (Fsp3) is 0.375. The Balaban J connectivity index is 2.57. The summed E-state index contributed by atoms with van der Waals surface area (Å²) in [5, 5.41) is 3.32. The third kappa shape index (κ3) is 2.90. The van der Waals surface area contributed by atoms with Crippen LogP contribution in [0.3, 0.4) is 0 Å². The smallest absolute Gasteiger partial charge is 0.133 e. The summed E-state index contributed by atoms with van der Waals surface area (Å²) in [4.78, 5) is 8.85. The second kappa shape index (κ2) is 6.89. The first kappa shape index (κ1) is 14.3. The van der Waals surface area contributed by atoms with Gasteiger partial charge in [0.15, 0.2) is 0 Å². The van der Waals surface area contributed by atoms with E-state index in [1.165, 1.54) is 0 Å². The number of anilines is 1. The molecule has 0 spiro atoms. The van der Waals surface area contributed by atoms with Crippen molar-refractivity contribution in [1.82, 2.24) is 9.97 Å². The van der Waals surface area contributed by atoms with Crippen LogP contribution < -0.4 is 10.1 Å². The van der Waals surface area contributed by atoms with Crippen molar-refractivity contribution < 1.29 is 4.74 Å². The summed E-state index contributed by atoms with van der Waals surface area (Å²) in [6.07, 6.45) is 3.60. The number of hydrogen-bond donors (Lipinski definition) is 1. The predicted molar refractivity (Wildman–Crippen MR) is 82.2 cm³/mol. The van der Waals surface area contributed by atoms with Gasteiger partial charge in [-0.2, -0.15) is 0 Å². The molecule has 0 aliphatic heterocycles. The number of aromatic nitrogens is 2. The van der Waals surface area contributed by atoms with Crippen LogP contribution in [0, 0.1) is 0 Å². The van der Waals surface area contributed by atoms with Crippen molar-refractivity contribution in [1.29, 1.82) is 0 Å². The lowest BCUT2D eigenvalue weighted by Gasteiger charge is -2.15. The molecule has 0 saturated heterocycles. The topological polar surface area (TPSA) is 47.0 Å². The molecule has 2 aromatic rings. The van der Waals surface area contributed by atoms with Gasteiger partial charge in [0.25, 0.3) is 0 Å². The molecule has 4 heteroatoms. The van der Waals surface area contributed by atoms with E-state index in [-0.39, 0.29) is 0 Å². The second-order valence-corrected chi connectivity index (χ2v) is 4.53. The van der Waals surface area contributed by atoms with Gasteiger partial charge in [0, 0.05) is 17.7 Å². The minimum Gasteiger partial charge on any atom is -0.496 e. The molecule has 0 unspecified atom stereocenters. The monoisotopic (exact) mass is 271 g/mol. The molecule has 0 aliphatic carbocycles. The van der Waals surface area contributed by atoms with Crippen molar-refractivity contribution in [2.45, 2.75) is 26.7 Å². The van der Waals surface area contributed by atoms with Crippen LogP contribution in [0.15, 0.2) is 30.6 Å². The van der Waals surface area contributed by atoms with E-state index in [1.807, 2.05) is 24.3 Å². The van der Waals surface area contributed by atoms with Gasteiger partial charge in [-0.05, 0) is 25.5 Å². The average Bonchev–Trinajstić information content (AvgIpc) is 2.49. The van der Waals surface area contributed by atoms with Crippen molar-refractivity contribution in [3.05, 3.63) is 36.2 Å². The van der Waals surface area contributed by atoms with E-state index >= 15 is 0 Å². The number of nitrogens with one attached hydrogen (secondary N) is 1. The summed E-state index contributed by atoms with van der Waals surface area (Å²) < 4.78 is 5.45. The lowest BCUT2D eigenvalue weighted by Crippen LogP contribution is -2.06. The van der Waals surface area contributed by atoms with E-state index in [2.05, 4.69) is 29.1 Å². The molecule has 1 heterocycles. The van der Waals surface area contributed by atoms with E-state index in [0.717, 1.165) is 47.8 Å². The van der Waals surface area contributed by atoms with Gasteiger partial charge in [0.2, 0.25) is 0 Å². The predicted octanol–water partition coefficient (Wildman–Crippen LogP) is 3.54. The molecule has 0 radical (unpaired) electrons. The minimum absolute atomic E-state index is 0.839. The molecule has 0 saturated carbocycles. The van der Waals surface area contributed by atoms with Gasteiger partial charge in [-0.15, -0.1) is 0 Å². The van der Waals surface area contributed by atoms with Crippen LogP contribution in [0.1, 0.15) is 25.8 Å². The number of benzene rings is 1. The van der Waals surface area contributed by atoms with E-state index in [1.54, 1.807) is 13.4 Å². The molecular formula is C16H21N3O. The fourth-order valence-electron chi connectivity index (χ4n) is 2.29. The van der Waals surface area contributed by atoms with Crippen molar-refractivity contribution in [2.24, 2.45) is 0 Å². The highest BCUT2D eigenvalue weighted by atomic mass is 16.5. The Morgan fingerprint density at radius 3 is 2.65 bits per heavy atom. The van der Waals surface area contributed by atoms with E-state index in [9.17, 15) is 0 Å². The molecule has 4 nitrogen and oxygen atoms in total. The van der Waals surface area contributed by atoms with Crippen molar-refractivity contribution >= 4 is 5.82 Å². The summed E-state index contributed by atoms with van der Waals surface area (Å²) >= 11 is 0. The quantitative estimate of drug-likeness (QED) is 0.873. The molecular weight excluding hydrogens is 250 g/mol. The Morgan fingerprint density at radius 1 is 1.15 bits per heavy atom. The number of ether oxygens (including phenoxy) is 1. The lowest BCUT2D eigenvalue weighted by molar-refractivity contribution is 0.416. The standard InChI is InChI=1S/C16H21N3O/c1-4-8-13-15(18-11-19-16(13)17-5-2)12-9-6-7-10-14(12)20-3/h6-7,9-11H,4-5,8H2,1-3H3,(H,17,18,19). The summed E-state index contributed by atoms with van der Waals surface area (Å²) in [5.41, 5.74) is 3.12. The van der Waals surface area contributed by atoms with Crippen LogP contribution in [0.4, 0.5) is 5.82 Å². The maximum absolute atomic E-state index is 5.45. The zero-order valence-corrected chi connectivity index (χ0v) is 12.3. The molecule has 1 aromatic carbocycles. The van der Waals surface area contributed by atoms with Crippen molar-refractivity contribution in [2.75, 3.05) is 19.0 Å². The van der Waals surface area contributed by atoms with Crippen LogP contribution >= 0.6 is 0 Å². The normalized spacial score (nSPS) is 10.3. The average molecular weight is 271 g/mol. The summed E-state index contributed by atoms with van der Waals surface area (Å²) in [6.45, 7) is 5.08. The highest BCUT2D eigenvalue weighted by Gasteiger charge is 2.15. The first-order chi connectivity index (χ1) is 9.81. The molecule has 1 aromatic heterocycles. The summed E-state index contributed by atoms with van der Waals surface area (Å²) in [5.74, 6) is 1.76. The number of nitrogens with zero attached hydrogens (tertiary/aromatic N) is 2. The third-order valence-corrected chi connectivity index (χ3v) is 3.15. The SMILES string of the molecule is CCCc1c(NCC)ncnc1-c1ccccc1OC. The molecule has 0 bridgehead atoms. The zero-order valence-electron chi connectivity index (χ0n) is 12.3. The molecule has 106 valence electrons. The molecule has 0 amide bonds. The molecule has 2 rings (SSSR count). The lowest BCUT2D eigenvalue weighted by atomic mass is 10.0. The van der Waals surface area contributed by atoms with Crippen LogP contribution in [-0.4, -0.2) is 23.6 Å². The first-order valence-corrected chi connectivity index (χ1v) is 7.02. The highest BCUT2D eigenvalue weighted by molar-refractivity contribution is 5.73. The maximum atomic E-state index is 5.45. The maximum Gasteiger partial charge on any atom is 0.133 e. The van der Waals surface area contributed by atoms with Gasteiger partial charge in [0.05, 0.1) is 12.8 Å². The molecule has 20 heavy (non-hydrogen) atoms. The number of rotatable bonds is 6. The Labute approximate surface area is 120 Å². The molecule has 1 N–H and O–H groups in total. The first-order valence-electron chi connectivity index (χ1n) is 7.02. The third-order valence-electron chi connectivity index (χ3n) is 3.15. The van der Waals surface area contributed by atoms with Crippen LogP contribution in [0.2, 0.25) is 0 Å². The fourth-order valence-corrected chi connectivity index (χ4v) is 2.29. The van der Waals surface area contributed by atoms with Gasteiger partial charge in [-0.25, -0.2) is 9.97 Å². The molecule has 0 fully saturated rings. The number of methoxy groups -OCH3 is 1. The highest BCUT2D eigenvalue weighted by Crippen LogP contribution is 2.33. The number of hydrogen-bond acceptors (Lipinski definition) is 4. The van der Waals surface area contributed by atoms with E-state index in [0.29, 0.717) is 0 Å². The Morgan fingerprint density at radius 2 is 1.95 bits per heavy atom. The van der Waals surface area contributed by atoms with Gasteiger partial charge in [0.1, 0.15) is 17.9 Å². The van der Waals surface area contributed by atoms with Crippen molar-refractivity contribution in [3.8, 4) is 17.0 Å². The van der Waals surface area contributed by atoms with Crippen LogP contribution in [0.25, 0.3) is 11.3 Å². The summed E-state index contributed by atoms with van der Waals surface area (Å²) in [6, 6.07) is 7.97. The van der Waals surface area contributed by atoms with Gasteiger partial charge in [-0.3, -0.25) is 0 Å².